The summed E-state index contributed by atoms with van der Waals surface area (Å²) in [5, 5.41) is 6.50. The van der Waals surface area contributed by atoms with Crippen LogP contribution in [0, 0.1) is 0 Å². The lowest BCUT2D eigenvalue weighted by Crippen LogP contribution is -2.52. The molecule has 2 unspecified atom stereocenters. The van der Waals surface area contributed by atoms with Crippen LogP contribution in [0.2, 0.25) is 0 Å². The van der Waals surface area contributed by atoms with Crippen molar-refractivity contribution in [1.29, 1.82) is 0 Å². The van der Waals surface area contributed by atoms with Gasteiger partial charge in [-0.05, 0) is 44.0 Å². The van der Waals surface area contributed by atoms with E-state index in [-0.39, 0.29) is 24.4 Å². The van der Waals surface area contributed by atoms with Crippen LogP contribution in [0.25, 0.3) is 0 Å². The molecule has 1 aliphatic rings. The zero-order chi connectivity index (χ0) is 13.7. The third kappa shape index (κ3) is 4.69. The number of carbonyl (C=O) groups is 1. The Kier molecular flexibility index (Phi) is 6.82. The molecule has 0 aromatic heterocycles. The molecule has 0 spiro atoms. The Morgan fingerprint density at radius 1 is 1.50 bits per heavy atom. The molecule has 0 saturated carbocycles. The summed E-state index contributed by atoms with van der Waals surface area (Å²) in [5.41, 5.74) is 0.980. The predicted molar refractivity (Wildman–Crippen MR) is 82.6 cm³/mol. The van der Waals surface area contributed by atoms with Gasteiger partial charge in [0.1, 0.15) is 5.75 Å². The van der Waals surface area contributed by atoms with E-state index in [1.165, 1.54) is 0 Å². The van der Waals surface area contributed by atoms with Gasteiger partial charge >= 0.3 is 0 Å². The highest BCUT2D eigenvalue weighted by molar-refractivity contribution is 5.85. The molecule has 1 saturated heterocycles. The van der Waals surface area contributed by atoms with E-state index in [4.69, 9.17) is 4.74 Å². The first-order valence-electron chi connectivity index (χ1n) is 6.84. The summed E-state index contributed by atoms with van der Waals surface area (Å²) in [5.74, 6) is 0.867. The van der Waals surface area contributed by atoms with Gasteiger partial charge in [0.05, 0.1) is 13.5 Å². The zero-order valence-electron chi connectivity index (χ0n) is 12.0. The van der Waals surface area contributed by atoms with Crippen molar-refractivity contribution >= 4 is 18.3 Å². The molecule has 1 heterocycles. The number of amides is 1. The van der Waals surface area contributed by atoms with Crippen LogP contribution in [0.4, 0.5) is 0 Å². The van der Waals surface area contributed by atoms with Gasteiger partial charge in [-0.2, -0.15) is 0 Å². The number of methoxy groups -OCH3 is 1. The van der Waals surface area contributed by atoms with Crippen LogP contribution in [0.5, 0.6) is 5.75 Å². The summed E-state index contributed by atoms with van der Waals surface area (Å²) < 4.78 is 5.16. The van der Waals surface area contributed by atoms with Crippen molar-refractivity contribution in [3.8, 4) is 5.75 Å². The second-order valence-electron chi connectivity index (χ2n) is 5.09. The van der Waals surface area contributed by atoms with Crippen LogP contribution in [0.1, 0.15) is 25.3 Å². The first-order valence-corrected chi connectivity index (χ1v) is 6.84. The Balaban J connectivity index is 0.00000200. The van der Waals surface area contributed by atoms with Gasteiger partial charge in [-0.15, -0.1) is 12.4 Å². The first kappa shape index (κ1) is 16.8. The van der Waals surface area contributed by atoms with Gasteiger partial charge < -0.3 is 15.4 Å². The third-order valence-corrected chi connectivity index (χ3v) is 3.61. The van der Waals surface area contributed by atoms with Crippen LogP contribution in [0.3, 0.4) is 0 Å². The van der Waals surface area contributed by atoms with Crippen molar-refractivity contribution in [3.05, 3.63) is 29.8 Å². The molecule has 1 aromatic carbocycles. The fraction of sp³-hybridized carbons (Fsp3) is 0.533. The Labute approximate surface area is 126 Å². The van der Waals surface area contributed by atoms with Gasteiger partial charge in [0.2, 0.25) is 5.91 Å². The predicted octanol–water partition coefficient (Wildman–Crippen LogP) is 1.92. The summed E-state index contributed by atoms with van der Waals surface area (Å²) in [6, 6.07) is 8.24. The summed E-state index contributed by atoms with van der Waals surface area (Å²) in [7, 11) is 1.63. The molecular weight excluding hydrogens is 276 g/mol. The van der Waals surface area contributed by atoms with Crippen molar-refractivity contribution in [2.45, 2.75) is 38.3 Å². The maximum Gasteiger partial charge on any atom is 0.224 e. The quantitative estimate of drug-likeness (QED) is 0.893. The number of rotatable bonds is 4. The number of ether oxygens (including phenoxy) is 1. The van der Waals surface area contributed by atoms with Gasteiger partial charge in [-0.1, -0.05) is 12.1 Å². The molecule has 1 aliphatic heterocycles. The minimum absolute atomic E-state index is 0. The van der Waals surface area contributed by atoms with Gasteiger partial charge in [-0.3, -0.25) is 4.79 Å². The summed E-state index contributed by atoms with van der Waals surface area (Å²) >= 11 is 0. The highest BCUT2D eigenvalue weighted by Gasteiger charge is 2.22. The summed E-state index contributed by atoms with van der Waals surface area (Å²) in [6.45, 7) is 3.17. The SMILES string of the molecule is COc1cccc(CC(=O)NC2CCCNC2C)c1.Cl. The lowest BCUT2D eigenvalue weighted by atomic mass is 9.99. The third-order valence-electron chi connectivity index (χ3n) is 3.61. The summed E-state index contributed by atoms with van der Waals surface area (Å²) in [4.78, 5) is 12.0. The topological polar surface area (TPSA) is 50.4 Å². The number of carbonyl (C=O) groups excluding carboxylic acids is 1. The molecule has 20 heavy (non-hydrogen) atoms. The van der Waals surface area contributed by atoms with Crippen LogP contribution >= 0.6 is 12.4 Å². The Morgan fingerprint density at radius 3 is 3.00 bits per heavy atom. The highest BCUT2D eigenvalue weighted by Crippen LogP contribution is 2.13. The highest BCUT2D eigenvalue weighted by atomic mass is 35.5. The smallest absolute Gasteiger partial charge is 0.224 e. The number of benzene rings is 1. The lowest BCUT2D eigenvalue weighted by Gasteiger charge is -2.30. The van der Waals surface area contributed by atoms with Crippen molar-refractivity contribution in [2.24, 2.45) is 0 Å². The largest absolute Gasteiger partial charge is 0.497 e. The molecule has 1 aromatic rings. The number of nitrogens with one attached hydrogen (secondary N) is 2. The Bertz CT molecular complexity index is 440. The molecule has 4 nitrogen and oxygen atoms in total. The van der Waals surface area contributed by atoms with E-state index in [2.05, 4.69) is 17.6 Å². The second kappa shape index (κ2) is 8.12. The van der Waals surface area contributed by atoms with Crippen molar-refractivity contribution in [2.75, 3.05) is 13.7 Å². The second-order valence-corrected chi connectivity index (χ2v) is 5.09. The zero-order valence-corrected chi connectivity index (χ0v) is 12.8. The molecule has 2 rings (SSSR count). The van der Waals surface area contributed by atoms with Gasteiger partial charge in [0.25, 0.3) is 0 Å². The van der Waals surface area contributed by atoms with Crippen LogP contribution < -0.4 is 15.4 Å². The molecule has 0 bridgehead atoms. The minimum atomic E-state index is 0. The van der Waals surface area contributed by atoms with Gasteiger partial charge in [0.15, 0.2) is 0 Å². The van der Waals surface area contributed by atoms with E-state index in [0.29, 0.717) is 12.5 Å². The molecule has 0 radical (unpaired) electrons. The van der Waals surface area contributed by atoms with Gasteiger partial charge in [-0.25, -0.2) is 0 Å². The van der Waals surface area contributed by atoms with Crippen molar-refractivity contribution in [3.63, 3.8) is 0 Å². The molecule has 2 N–H and O–H groups in total. The molecular formula is C15H23ClN2O2. The van der Waals surface area contributed by atoms with E-state index < -0.39 is 0 Å². The van der Waals surface area contributed by atoms with E-state index in [0.717, 1.165) is 30.7 Å². The Morgan fingerprint density at radius 2 is 2.30 bits per heavy atom. The number of halogens is 1. The lowest BCUT2D eigenvalue weighted by molar-refractivity contribution is -0.121. The standard InChI is InChI=1S/C15H22N2O2.ClH/c1-11-14(7-4-8-16-11)17-15(18)10-12-5-3-6-13(9-12)19-2;/h3,5-6,9,11,14,16H,4,7-8,10H2,1-2H3,(H,17,18);1H. The molecule has 1 fully saturated rings. The van der Waals surface area contributed by atoms with E-state index in [1.54, 1.807) is 7.11 Å². The number of hydrogen-bond donors (Lipinski definition) is 2. The molecule has 112 valence electrons. The molecule has 5 heteroatoms. The first-order chi connectivity index (χ1) is 9.19. The number of hydrogen-bond acceptors (Lipinski definition) is 3. The molecule has 2 atom stereocenters. The van der Waals surface area contributed by atoms with Gasteiger partial charge in [0, 0.05) is 12.1 Å². The fourth-order valence-corrected chi connectivity index (χ4v) is 2.47. The average Bonchev–Trinajstić information content (AvgIpc) is 2.41. The fourth-order valence-electron chi connectivity index (χ4n) is 2.47. The van der Waals surface area contributed by atoms with E-state index >= 15 is 0 Å². The maximum absolute atomic E-state index is 12.0. The molecule has 1 amide bonds. The van der Waals surface area contributed by atoms with Crippen LogP contribution in [-0.4, -0.2) is 31.6 Å². The van der Waals surface area contributed by atoms with E-state index in [9.17, 15) is 4.79 Å². The summed E-state index contributed by atoms with van der Waals surface area (Å²) in [6.07, 6.45) is 2.58. The number of piperidine rings is 1. The van der Waals surface area contributed by atoms with E-state index in [1.807, 2.05) is 24.3 Å². The monoisotopic (exact) mass is 298 g/mol. The molecule has 0 aliphatic carbocycles. The normalized spacial score (nSPS) is 21.7. The van der Waals surface area contributed by atoms with Crippen molar-refractivity contribution in [1.82, 2.24) is 10.6 Å². The van der Waals surface area contributed by atoms with Crippen LogP contribution in [0.15, 0.2) is 24.3 Å². The average molecular weight is 299 g/mol. The van der Waals surface area contributed by atoms with Crippen LogP contribution in [-0.2, 0) is 11.2 Å². The maximum atomic E-state index is 12.0. The minimum Gasteiger partial charge on any atom is -0.497 e. The van der Waals surface area contributed by atoms with Crippen molar-refractivity contribution < 1.29 is 9.53 Å². The Hall–Kier alpha value is -1.26.